The standard InChI is InChI=1S/C14H17NO2/c1-3-17-14(16)11-7-15-8(2)12-9-4-5-10(6-9)13(11)12/h7,9-10H,3-6H2,1-2H3. The Morgan fingerprint density at radius 3 is 2.82 bits per heavy atom. The van der Waals surface area contributed by atoms with E-state index >= 15 is 0 Å². The fourth-order valence-corrected chi connectivity index (χ4v) is 3.47. The quantitative estimate of drug-likeness (QED) is 0.735. The summed E-state index contributed by atoms with van der Waals surface area (Å²) in [7, 11) is 0. The number of pyridine rings is 1. The van der Waals surface area contributed by atoms with Gasteiger partial charge < -0.3 is 4.74 Å². The molecular weight excluding hydrogens is 214 g/mol. The summed E-state index contributed by atoms with van der Waals surface area (Å²) in [6, 6.07) is 0. The van der Waals surface area contributed by atoms with Gasteiger partial charge in [-0.1, -0.05) is 0 Å². The summed E-state index contributed by atoms with van der Waals surface area (Å²) in [5.41, 5.74) is 4.39. The first-order chi connectivity index (χ1) is 8.22. The van der Waals surface area contributed by atoms with Crippen molar-refractivity contribution < 1.29 is 9.53 Å². The summed E-state index contributed by atoms with van der Waals surface area (Å²) in [6.45, 7) is 4.32. The van der Waals surface area contributed by atoms with Crippen LogP contribution in [0.3, 0.4) is 0 Å². The minimum Gasteiger partial charge on any atom is -0.462 e. The average molecular weight is 231 g/mol. The van der Waals surface area contributed by atoms with Gasteiger partial charge in [-0.25, -0.2) is 4.79 Å². The maximum Gasteiger partial charge on any atom is 0.339 e. The number of esters is 1. The number of hydrogen-bond donors (Lipinski definition) is 0. The van der Waals surface area contributed by atoms with Gasteiger partial charge in [-0.3, -0.25) is 4.98 Å². The fraction of sp³-hybridized carbons (Fsp3) is 0.571. The fourth-order valence-electron chi connectivity index (χ4n) is 3.47. The third-order valence-corrected chi connectivity index (χ3v) is 4.10. The minimum atomic E-state index is -0.205. The second-order valence-corrected chi connectivity index (χ2v) is 5.01. The number of aromatic nitrogens is 1. The van der Waals surface area contributed by atoms with Crippen LogP contribution in [0, 0.1) is 6.92 Å². The van der Waals surface area contributed by atoms with Crippen LogP contribution in [0.1, 0.15) is 65.2 Å². The maximum atomic E-state index is 11.9. The second kappa shape index (κ2) is 3.83. The molecule has 1 aromatic heterocycles. The van der Waals surface area contributed by atoms with Gasteiger partial charge >= 0.3 is 5.97 Å². The molecule has 1 saturated carbocycles. The lowest BCUT2D eigenvalue weighted by Gasteiger charge is -2.19. The van der Waals surface area contributed by atoms with Crippen molar-refractivity contribution in [2.75, 3.05) is 6.61 Å². The van der Waals surface area contributed by atoms with Crippen LogP contribution in [0.5, 0.6) is 0 Å². The van der Waals surface area contributed by atoms with E-state index in [1.54, 1.807) is 6.20 Å². The predicted molar refractivity (Wildman–Crippen MR) is 64.3 cm³/mol. The number of carbonyl (C=O) groups excluding carboxylic acids is 1. The van der Waals surface area contributed by atoms with Crippen molar-refractivity contribution in [1.29, 1.82) is 0 Å². The van der Waals surface area contributed by atoms with Crippen LogP contribution in [-0.4, -0.2) is 17.6 Å². The van der Waals surface area contributed by atoms with Crippen LogP contribution in [0.4, 0.5) is 0 Å². The molecule has 90 valence electrons. The number of hydrogen-bond acceptors (Lipinski definition) is 3. The Morgan fingerprint density at radius 1 is 1.41 bits per heavy atom. The first-order valence-electron chi connectivity index (χ1n) is 6.38. The largest absolute Gasteiger partial charge is 0.462 e. The number of nitrogens with zero attached hydrogens (tertiary/aromatic N) is 1. The van der Waals surface area contributed by atoms with Crippen LogP contribution >= 0.6 is 0 Å². The normalized spacial score (nSPS) is 24.8. The lowest BCUT2D eigenvalue weighted by atomic mass is 9.88. The van der Waals surface area contributed by atoms with Crippen LogP contribution in [0.2, 0.25) is 0 Å². The molecule has 2 aliphatic rings. The zero-order valence-corrected chi connectivity index (χ0v) is 10.3. The summed E-state index contributed by atoms with van der Waals surface area (Å²) in [5.74, 6) is 0.997. The molecule has 0 spiro atoms. The molecule has 2 aliphatic carbocycles. The van der Waals surface area contributed by atoms with E-state index in [2.05, 4.69) is 11.9 Å². The molecule has 0 aliphatic heterocycles. The van der Waals surface area contributed by atoms with Crippen molar-refractivity contribution in [2.24, 2.45) is 0 Å². The van der Waals surface area contributed by atoms with Gasteiger partial charge in [0.25, 0.3) is 0 Å². The van der Waals surface area contributed by atoms with Gasteiger partial charge in [0.15, 0.2) is 0 Å². The highest BCUT2D eigenvalue weighted by molar-refractivity contribution is 5.92. The lowest BCUT2D eigenvalue weighted by molar-refractivity contribution is 0.0524. The third-order valence-electron chi connectivity index (χ3n) is 4.10. The molecular formula is C14H17NO2. The zero-order valence-electron chi connectivity index (χ0n) is 10.3. The molecule has 0 radical (unpaired) electrons. The zero-order chi connectivity index (χ0) is 12.0. The van der Waals surface area contributed by atoms with Crippen molar-refractivity contribution in [3.63, 3.8) is 0 Å². The van der Waals surface area contributed by atoms with E-state index in [0.717, 1.165) is 5.69 Å². The van der Waals surface area contributed by atoms with E-state index in [0.29, 0.717) is 24.0 Å². The summed E-state index contributed by atoms with van der Waals surface area (Å²) in [6.07, 6.45) is 5.38. The maximum absolute atomic E-state index is 11.9. The number of aryl methyl sites for hydroxylation is 1. The second-order valence-electron chi connectivity index (χ2n) is 5.01. The number of rotatable bonds is 2. The Balaban J connectivity index is 2.11. The Labute approximate surface area is 101 Å². The number of fused-ring (bicyclic) bond motifs is 5. The molecule has 3 rings (SSSR count). The Morgan fingerprint density at radius 2 is 2.12 bits per heavy atom. The highest BCUT2D eigenvalue weighted by Gasteiger charge is 2.41. The average Bonchev–Trinajstić information content (AvgIpc) is 2.90. The highest BCUT2D eigenvalue weighted by Crippen LogP contribution is 2.54. The van der Waals surface area contributed by atoms with E-state index in [4.69, 9.17) is 4.74 Å². The summed E-state index contributed by atoms with van der Waals surface area (Å²) < 4.78 is 5.12. The van der Waals surface area contributed by atoms with E-state index in [1.807, 2.05) is 6.92 Å². The van der Waals surface area contributed by atoms with Gasteiger partial charge in [-0.15, -0.1) is 0 Å². The van der Waals surface area contributed by atoms with Crippen LogP contribution in [0.25, 0.3) is 0 Å². The molecule has 1 aromatic rings. The first kappa shape index (κ1) is 10.8. The minimum absolute atomic E-state index is 0.205. The molecule has 2 bridgehead atoms. The highest BCUT2D eigenvalue weighted by atomic mass is 16.5. The molecule has 1 heterocycles. The number of ether oxygens (including phenoxy) is 1. The molecule has 0 aromatic carbocycles. The summed E-state index contributed by atoms with van der Waals surface area (Å²) >= 11 is 0. The molecule has 2 atom stereocenters. The van der Waals surface area contributed by atoms with Crippen molar-refractivity contribution in [1.82, 2.24) is 4.98 Å². The molecule has 0 N–H and O–H groups in total. The molecule has 0 saturated heterocycles. The Kier molecular flexibility index (Phi) is 2.42. The van der Waals surface area contributed by atoms with Gasteiger partial charge in [0.2, 0.25) is 0 Å². The molecule has 17 heavy (non-hydrogen) atoms. The van der Waals surface area contributed by atoms with E-state index < -0.39 is 0 Å². The smallest absolute Gasteiger partial charge is 0.339 e. The van der Waals surface area contributed by atoms with Gasteiger partial charge in [0.05, 0.1) is 12.2 Å². The monoisotopic (exact) mass is 231 g/mol. The van der Waals surface area contributed by atoms with E-state index in [-0.39, 0.29) is 5.97 Å². The predicted octanol–water partition coefficient (Wildman–Crippen LogP) is 2.93. The topological polar surface area (TPSA) is 39.2 Å². The van der Waals surface area contributed by atoms with Crippen molar-refractivity contribution in [3.8, 4) is 0 Å². The number of carbonyl (C=O) groups is 1. The lowest BCUT2D eigenvalue weighted by Crippen LogP contribution is -2.13. The van der Waals surface area contributed by atoms with Gasteiger partial charge in [-0.05, 0) is 56.1 Å². The summed E-state index contributed by atoms with van der Waals surface area (Å²) in [4.78, 5) is 16.3. The molecule has 2 unspecified atom stereocenters. The van der Waals surface area contributed by atoms with Gasteiger partial charge in [0.1, 0.15) is 0 Å². The van der Waals surface area contributed by atoms with Gasteiger partial charge in [0, 0.05) is 11.9 Å². The Hall–Kier alpha value is -1.38. The van der Waals surface area contributed by atoms with Crippen molar-refractivity contribution in [3.05, 3.63) is 28.6 Å². The SMILES string of the molecule is CCOC(=O)c1cnc(C)c2c1C1CCC2C1. The van der Waals surface area contributed by atoms with E-state index in [1.165, 1.54) is 30.4 Å². The van der Waals surface area contributed by atoms with Crippen molar-refractivity contribution >= 4 is 5.97 Å². The third kappa shape index (κ3) is 1.48. The Bertz CT molecular complexity index is 481. The van der Waals surface area contributed by atoms with Gasteiger partial charge in [-0.2, -0.15) is 0 Å². The molecule has 0 amide bonds. The molecule has 1 fully saturated rings. The van der Waals surface area contributed by atoms with Crippen LogP contribution in [-0.2, 0) is 4.74 Å². The van der Waals surface area contributed by atoms with Crippen molar-refractivity contribution in [2.45, 2.75) is 44.9 Å². The molecule has 3 nitrogen and oxygen atoms in total. The summed E-state index contributed by atoms with van der Waals surface area (Å²) in [5, 5.41) is 0. The first-order valence-corrected chi connectivity index (χ1v) is 6.38. The van der Waals surface area contributed by atoms with E-state index in [9.17, 15) is 4.79 Å². The molecule has 3 heteroatoms. The van der Waals surface area contributed by atoms with Crippen LogP contribution < -0.4 is 0 Å². The van der Waals surface area contributed by atoms with Crippen LogP contribution in [0.15, 0.2) is 6.20 Å².